The highest BCUT2D eigenvalue weighted by atomic mass is 32.2. The molecule has 0 aliphatic rings. The molecule has 0 saturated heterocycles. The van der Waals surface area contributed by atoms with Crippen molar-refractivity contribution in [2.24, 2.45) is 7.05 Å². The first-order valence-corrected chi connectivity index (χ1v) is 7.42. The van der Waals surface area contributed by atoms with Crippen LogP contribution in [0.4, 0.5) is 0 Å². The van der Waals surface area contributed by atoms with Gasteiger partial charge >= 0.3 is 0 Å². The Morgan fingerprint density at radius 1 is 1.38 bits per heavy atom. The van der Waals surface area contributed by atoms with Crippen LogP contribution < -0.4 is 5.32 Å². The van der Waals surface area contributed by atoms with E-state index in [2.05, 4.69) is 15.5 Å². The van der Waals surface area contributed by atoms with Crippen LogP contribution in [0.3, 0.4) is 0 Å². The summed E-state index contributed by atoms with van der Waals surface area (Å²) < 4.78 is 1.86. The minimum Gasteiger partial charge on any atom is -0.354 e. The first kappa shape index (κ1) is 15.1. The monoisotopic (exact) mass is 301 g/mol. The zero-order valence-corrected chi connectivity index (χ0v) is 12.4. The highest BCUT2D eigenvalue weighted by molar-refractivity contribution is 7.99. The van der Waals surface area contributed by atoms with Crippen LogP contribution in [0.2, 0.25) is 0 Å². The highest BCUT2D eigenvalue weighted by Crippen LogP contribution is 2.21. The maximum Gasteiger partial charge on any atom is 0.230 e. The molecular weight excluding hydrogens is 286 g/mol. The molecule has 0 bridgehead atoms. The maximum atomic E-state index is 11.6. The van der Waals surface area contributed by atoms with E-state index < -0.39 is 0 Å². The third-order valence-electron chi connectivity index (χ3n) is 2.76. The van der Waals surface area contributed by atoms with E-state index in [0.717, 1.165) is 11.4 Å². The molecule has 2 aromatic rings. The molecule has 0 fully saturated rings. The van der Waals surface area contributed by atoms with Gasteiger partial charge in [0.2, 0.25) is 5.91 Å². The zero-order chi connectivity index (χ0) is 15.1. The normalized spacial score (nSPS) is 10.1. The molecule has 2 rings (SSSR count). The fraction of sp³-hybridized carbons (Fsp3) is 0.286. The minimum absolute atomic E-state index is 0.112. The van der Waals surface area contributed by atoms with E-state index in [4.69, 9.17) is 5.26 Å². The predicted octanol–water partition coefficient (Wildman–Crippen LogP) is 1.60. The van der Waals surface area contributed by atoms with Crippen molar-refractivity contribution in [3.05, 3.63) is 30.3 Å². The van der Waals surface area contributed by atoms with Gasteiger partial charge in [0, 0.05) is 19.2 Å². The molecule has 1 heterocycles. The third kappa shape index (κ3) is 4.07. The zero-order valence-electron chi connectivity index (χ0n) is 11.6. The predicted molar refractivity (Wildman–Crippen MR) is 80.4 cm³/mol. The topological polar surface area (TPSA) is 83.6 Å². The van der Waals surface area contributed by atoms with E-state index in [0.29, 0.717) is 18.1 Å². The van der Waals surface area contributed by atoms with Gasteiger partial charge in [-0.15, -0.1) is 10.2 Å². The number of nitrogens with zero attached hydrogens (tertiary/aromatic N) is 4. The second-order valence-electron chi connectivity index (χ2n) is 4.28. The molecule has 0 aliphatic carbocycles. The quantitative estimate of drug-likeness (QED) is 0.647. The van der Waals surface area contributed by atoms with Gasteiger partial charge < -0.3 is 9.88 Å². The summed E-state index contributed by atoms with van der Waals surface area (Å²) >= 11 is 1.32. The number of nitriles is 1. The van der Waals surface area contributed by atoms with Crippen molar-refractivity contribution in [1.82, 2.24) is 20.1 Å². The maximum absolute atomic E-state index is 11.6. The van der Waals surface area contributed by atoms with Crippen LogP contribution in [0.5, 0.6) is 0 Å². The minimum atomic E-state index is -0.112. The van der Waals surface area contributed by atoms with Gasteiger partial charge in [0.15, 0.2) is 11.0 Å². The average Bonchev–Trinajstić information content (AvgIpc) is 2.87. The van der Waals surface area contributed by atoms with Crippen molar-refractivity contribution in [2.45, 2.75) is 11.6 Å². The molecule has 0 aliphatic heterocycles. The standard InChI is InChI=1S/C14H15N5OS/c1-19-13(11-6-3-2-4-7-11)17-18-14(19)21-10-12(20)16-9-5-8-15/h2-4,6-7H,5,9-10H2,1H3,(H,16,20). The lowest BCUT2D eigenvalue weighted by atomic mass is 10.2. The molecule has 1 aromatic carbocycles. The first-order valence-electron chi connectivity index (χ1n) is 6.43. The summed E-state index contributed by atoms with van der Waals surface area (Å²) in [6, 6.07) is 11.7. The smallest absolute Gasteiger partial charge is 0.230 e. The number of nitrogens with one attached hydrogen (secondary N) is 1. The van der Waals surface area contributed by atoms with Crippen LogP contribution in [0.15, 0.2) is 35.5 Å². The number of carbonyl (C=O) groups excluding carboxylic acids is 1. The Morgan fingerprint density at radius 2 is 2.14 bits per heavy atom. The fourth-order valence-electron chi connectivity index (χ4n) is 1.72. The van der Waals surface area contributed by atoms with Crippen LogP contribution in [-0.2, 0) is 11.8 Å². The Balaban J connectivity index is 1.95. The molecule has 6 nitrogen and oxygen atoms in total. The summed E-state index contributed by atoms with van der Waals surface area (Å²) in [6.07, 6.45) is 0.318. The van der Waals surface area contributed by atoms with Crippen molar-refractivity contribution in [3.8, 4) is 17.5 Å². The second kappa shape index (κ2) is 7.45. The Labute approximate surface area is 127 Å². The Hall–Kier alpha value is -2.33. The largest absolute Gasteiger partial charge is 0.354 e. The lowest BCUT2D eigenvalue weighted by Gasteiger charge is -2.04. The van der Waals surface area contributed by atoms with Gasteiger partial charge in [-0.3, -0.25) is 4.79 Å². The van der Waals surface area contributed by atoms with Gasteiger partial charge in [-0.25, -0.2) is 0 Å². The Bertz CT molecular complexity index is 647. The summed E-state index contributed by atoms with van der Waals surface area (Å²) in [5, 5.41) is 20.0. The Morgan fingerprint density at radius 3 is 2.86 bits per heavy atom. The van der Waals surface area contributed by atoms with Crippen molar-refractivity contribution >= 4 is 17.7 Å². The van der Waals surface area contributed by atoms with E-state index in [1.165, 1.54) is 11.8 Å². The number of carbonyl (C=O) groups is 1. The lowest BCUT2D eigenvalue weighted by molar-refractivity contribution is -0.118. The van der Waals surface area contributed by atoms with Crippen molar-refractivity contribution < 1.29 is 4.79 Å². The van der Waals surface area contributed by atoms with Crippen molar-refractivity contribution in [1.29, 1.82) is 5.26 Å². The molecule has 0 saturated carbocycles. The van der Waals surface area contributed by atoms with Crippen LogP contribution >= 0.6 is 11.8 Å². The van der Waals surface area contributed by atoms with Crippen LogP contribution in [0, 0.1) is 11.3 Å². The van der Waals surface area contributed by atoms with E-state index in [-0.39, 0.29) is 11.7 Å². The van der Waals surface area contributed by atoms with Gasteiger partial charge in [-0.05, 0) is 0 Å². The number of hydrogen-bond acceptors (Lipinski definition) is 5. The van der Waals surface area contributed by atoms with Crippen molar-refractivity contribution in [3.63, 3.8) is 0 Å². The molecule has 21 heavy (non-hydrogen) atoms. The van der Waals surface area contributed by atoms with Crippen molar-refractivity contribution in [2.75, 3.05) is 12.3 Å². The number of aromatic nitrogens is 3. The number of thioether (sulfide) groups is 1. The lowest BCUT2D eigenvalue weighted by Crippen LogP contribution is -2.26. The van der Waals surface area contributed by atoms with Gasteiger partial charge in [-0.2, -0.15) is 5.26 Å². The number of amides is 1. The van der Waals surface area contributed by atoms with Gasteiger partial charge in [0.1, 0.15) is 0 Å². The van der Waals surface area contributed by atoms with Crippen LogP contribution in [0.25, 0.3) is 11.4 Å². The van der Waals surface area contributed by atoms with E-state index in [1.54, 1.807) is 0 Å². The summed E-state index contributed by atoms with van der Waals surface area (Å²) in [7, 11) is 1.87. The number of rotatable bonds is 6. The number of hydrogen-bond donors (Lipinski definition) is 1. The summed E-state index contributed by atoms with van der Waals surface area (Å²) in [5.74, 6) is 0.911. The molecule has 1 amide bonds. The molecule has 7 heteroatoms. The van der Waals surface area contributed by atoms with Crippen LogP contribution in [-0.4, -0.2) is 33.0 Å². The first-order chi connectivity index (χ1) is 10.2. The van der Waals surface area contributed by atoms with Gasteiger partial charge in [-0.1, -0.05) is 42.1 Å². The Kier molecular flexibility index (Phi) is 5.35. The summed E-state index contributed by atoms with van der Waals surface area (Å²) in [6.45, 7) is 0.379. The average molecular weight is 301 g/mol. The molecular formula is C14H15N5OS. The molecule has 0 unspecified atom stereocenters. The summed E-state index contributed by atoms with van der Waals surface area (Å²) in [5.41, 5.74) is 0.984. The molecule has 1 aromatic heterocycles. The van der Waals surface area contributed by atoms with Gasteiger partial charge in [0.25, 0.3) is 0 Å². The highest BCUT2D eigenvalue weighted by Gasteiger charge is 2.12. The molecule has 108 valence electrons. The van der Waals surface area contributed by atoms with E-state index in [9.17, 15) is 4.79 Å². The molecule has 1 N–H and O–H groups in total. The van der Waals surface area contributed by atoms with Crippen LogP contribution in [0.1, 0.15) is 6.42 Å². The number of benzene rings is 1. The summed E-state index contributed by atoms with van der Waals surface area (Å²) in [4.78, 5) is 11.6. The molecule has 0 atom stereocenters. The molecule has 0 spiro atoms. The second-order valence-corrected chi connectivity index (χ2v) is 5.22. The third-order valence-corrected chi connectivity index (χ3v) is 3.78. The fourth-order valence-corrected chi connectivity index (χ4v) is 2.46. The van der Waals surface area contributed by atoms with Gasteiger partial charge in [0.05, 0.1) is 18.2 Å². The van der Waals surface area contributed by atoms with E-state index in [1.807, 2.05) is 48.0 Å². The van der Waals surface area contributed by atoms with E-state index >= 15 is 0 Å². The SMILES string of the molecule is Cn1c(SCC(=O)NCCC#N)nnc1-c1ccccc1. The molecule has 0 radical (unpaired) electrons.